The highest BCUT2D eigenvalue weighted by molar-refractivity contribution is 8.00. The first-order valence-corrected chi connectivity index (χ1v) is 10.7. The largest absolute Gasteiger partial charge is 0.497 e. The minimum Gasteiger partial charge on any atom is -0.497 e. The molecule has 2 aromatic carbocycles. The van der Waals surface area contributed by atoms with E-state index in [-0.39, 0.29) is 5.69 Å². The Morgan fingerprint density at radius 2 is 1.91 bits per heavy atom. The summed E-state index contributed by atoms with van der Waals surface area (Å²) in [5.74, 6) is 0.760. The van der Waals surface area contributed by atoms with Crippen molar-refractivity contribution in [1.29, 1.82) is 0 Å². The molecule has 1 aromatic heterocycles. The Hall–Kier alpha value is -3.21. The Morgan fingerprint density at radius 3 is 2.56 bits per heavy atom. The predicted molar refractivity (Wildman–Crippen MR) is 114 cm³/mol. The second kappa shape index (κ2) is 8.73. The number of benzene rings is 2. The number of halogens is 3. The molecule has 2 atom stereocenters. The first kappa shape index (κ1) is 22.0. The maximum atomic E-state index is 13.4. The number of carbonyl (C=O) groups excluding carboxylic acids is 1. The van der Waals surface area contributed by atoms with Crippen LogP contribution < -0.4 is 15.5 Å². The molecular formula is C21H20F3N5O2S. The van der Waals surface area contributed by atoms with Crippen molar-refractivity contribution >= 4 is 23.4 Å². The molecule has 168 valence electrons. The number of hydrogen-bond donors (Lipinski definition) is 2. The SMILES string of the molecule is CCc1nnc2n1N[C@@H](c1ccc(OC)cc1)[C@@H](C(=O)Nc1ccccc1C(F)(F)F)S2. The number of fused-ring (bicyclic) bond motifs is 1. The summed E-state index contributed by atoms with van der Waals surface area (Å²) in [5.41, 5.74) is 2.83. The van der Waals surface area contributed by atoms with E-state index in [0.29, 0.717) is 23.2 Å². The molecule has 0 fully saturated rings. The lowest BCUT2D eigenvalue weighted by Gasteiger charge is -2.33. The van der Waals surface area contributed by atoms with Crippen molar-refractivity contribution in [1.82, 2.24) is 14.9 Å². The van der Waals surface area contributed by atoms with Gasteiger partial charge in [-0.1, -0.05) is 43.0 Å². The molecule has 0 aliphatic carbocycles. The highest BCUT2D eigenvalue weighted by atomic mass is 32.2. The number of para-hydroxylation sites is 1. The Kier molecular flexibility index (Phi) is 6.00. The van der Waals surface area contributed by atoms with E-state index < -0.39 is 28.9 Å². The highest BCUT2D eigenvalue weighted by Gasteiger charge is 2.39. The number of ether oxygens (including phenoxy) is 1. The lowest BCUT2D eigenvalue weighted by Crippen LogP contribution is -2.41. The molecule has 2 heterocycles. The number of amides is 1. The first-order valence-electron chi connectivity index (χ1n) is 9.80. The Labute approximate surface area is 186 Å². The van der Waals surface area contributed by atoms with Gasteiger partial charge in [-0.2, -0.15) is 13.2 Å². The lowest BCUT2D eigenvalue weighted by molar-refractivity contribution is -0.137. The number of methoxy groups -OCH3 is 1. The Bertz CT molecular complexity index is 1120. The summed E-state index contributed by atoms with van der Waals surface area (Å²) in [6.07, 6.45) is -3.97. The molecule has 2 N–H and O–H groups in total. The van der Waals surface area contributed by atoms with Crippen molar-refractivity contribution in [2.24, 2.45) is 0 Å². The van der Waals surface area contributed by atoms with Crippen molar-refractivity contribution in [2.45, 2.75) is 36.0 Å². The molecule has 0 bridgehead atoms. The molecule has 0 radical (unpaired) electrons. The second-order valence-electron chi connectivity index (χ2n) is 7.04. The van der Waals surface area contributed by atoms with E-state index in [1.165, 1.54) is 18.2 Å². The zero-order valence-electron chi connectivity index (χ0n) is 17.2. The van der Waals surface area contributed by atoms with Gasteiger partial charge >= 0.3 is 6.18 Å². The van der Waals surface area contributed by atoms with Gasteiger partial charge in [0.1, 0.15) is 11.0 Å². The number of aromatic nitrogens is 3. The van der Waals surface area contributed by atoms with Crippen molar-refractivity contribution < 1.29 is 22.7 Å². The zero-order valence-corrected chi connectivity index (χ0v) is 18.0. The quantitative estimate of drug-likeness (QED) is 0.588. The average Bonchev–Trinajstić information content (AvgIpc) is 3.20. The molecule has 3 aromatic rings. The number of nitrogens with one attached hydrogen (secondary N) is 2. The summed E-state index contributed by atoms with van der Waals surface area (Å²) in [5, 5.41) is 10.4. The van der Waals surface area contributed by atoms with Crippen LogP contribution in [0, 0.1) is 0 Å². The van der Waals surface area contributed by atoms with Crippen LogP contribution in [0.1, 0.15) is 29.9 Å². The number of nitrogens with zero attached hydrogens (tertiary/aromatic N) is 3. The molecule has 0 spiro atoms. The van der Waals surface area contributed by atoms with E-state index in [0.717, 1.165) is 23.4 Å². The van der Waals surface area contributed by atoms with E-state index in [2.05, 4.69) is 20.9 Å². The van der Waals surface area contributed by atoms with E-state index in [9.17, 15) is 18.0 Å². The van der Waals surface area contributed by atoms with Crippen molar-refractivity contribution in [3.8, 4) is 5.75 Å². The van der Waals surface area contributed by atoms with Crippen LogP contribution in [-0.2, 0) is 17.4 Å². The van der Waals surface area contributed by atoms with Crippen molar-refractivity contribution in [3.63, 3.8) is 0 Å². The van der Waals surface area contributed by atoms with Gasteiger partial charge in [0.2, 0.25) is 11.1 Å². The summed E-state index contributed by atoms with van der Waals surface area (Å²) in [4.78, 5) is 13.2. The van der Waals surface area contributed by atoms with E-state index >= 15 is 0 Å². The Balaban J connectivity index is 1.68. The molecule has 1 amide bonds. The van der Waals surface area contributed by atoms with Crippen LogP contribution >= 0.6 is 11.8 Å². The van der Waals surface area contributed by atoms with Crippen molar-refractivity contribution in [2.75, 3.05) is 17.9 Å². The fourth-order valence-corrected chi connectivity index (χ4v) is 4.53. The minimum atomic E-state index is -4.59. The fraction of sp³-hybridized carbons (Fsp3) is 0.286. The summed E-state index contributed by atoms with van der Waals surface area (Å²) in [7, 11) is 1.55. The molecule has 0 saturated heterocycles. The number of hydrogen-bond acceptors (Lipinski definition) is 6. The number of rotatable bonds is 5. The highest BCUT2D eigenvalue weighted by Crippen LogP contribution is 2.39. The maximum absolute atomic E-state index is 13.4. The summed E-state index contributed by atoms with van der Waals surface area (Å²) >= 11 is 1.15. The van der Waals surface area contributed by atoms with Crippen LogP contribution in [-0.4, -0.2) is 33.1 Å². The first-order chi connectivity index (χ1) is 15.3. The third kappa shape index (κ3) is 4.24. The standard InChI is InChI=1S/C21H20F3N5O2S/c1-3-16-26-27-20-29(16)28-17(12-8-10-13(31-2)11-9-12)18(32-20)19(30)25-15-7-5-4-6-14(15)21(22,23)24/h4-11,17-18,28H,3H2,1-2H3,(H,25,30)/t17-,18-/m0/s1. The van der Waals surface area contributed by atoms with Crippen LogP contribution in [0.25, 0.3) is 0 Å². The van der Waals surface area contributed by atoms with E-state index in [1.54, 1.807) is 23.9 Å². The third-order valence-corrected chi connectivity index (χ3v) is 6.26. The van der Waals surface area contributed by atoms with E-state index in [4.69, 9.17) is 4.74 Å². The lowest BCUT2D eigenvalue weighted by atomic mass is 10.0. The molecule has 1 aliphatic rings. The fourth-order valence-electron chi connectivity index (χ4n) is 3.43. The van der Waals surface area contributed by atoms with Crippen LogP contribution in [0.2, 0.25) is 0 Å². The third-order valence-electron chi connectivity index (χ3n) is 5.04. The number of thioether (sulfide) groups is 1. The monoisotopic (exact) mass is 463 g/mol. The summed E-state index contributed by atoms with van der Waals surface area (Å²) in [6, 6.07) is 11.5. The molecule has 0 saturated carbocycles. The smallest absolute Gasteiger partial charge is 0.418 e. The number of carbonyl (C=O) groups is 1. The molecule has 7 nitrogen and oxygen atoms in total. The van der Waals surface area contributed by atoms with E-state index in [1.807, 2.05) is 19.1 Å². The van der Waals surface area contributed by atoms with Gasteiger partial charge in [-0.25, -0.2) is 4.68 Å². The van der Waals surface area contributed by atoms with Gasteiger partial charge in [0.15, 0.2) is 5.82 Å². The molecule has 0 unspecified atom stereocenters. The molecule has 32 heavy (non-hydrogen) atoms. The van der Waals surface area contributed by atoms with Gasteiger partial charge in [-0.3, -0.25) is 4.79 Å². The number of aryl methyl sites for hydroxylation is 1. The van der Waals surface area contributed by atoms with Crippen LogP contribution in [0.3, 0.4) is 0 Å². The second-order valence-corrected chi connectivity index (χ2v) is 8.15. The molecule has 11 heteroatoms. The number of anilines is 1. The van der Waals surface area contributed by atoms with Gasteiger partial charge in [-0.05, 0) is 29.8 Å². The summed E-state index contributed by atoms with van der Waals surface area (Å²) < 4.78 is 47.1. The average molecular weight is 463 g/mol. The maximum Gasteiger partial charge on any atom is 0.418 e. The topological polar surface area (TPSA) is 81.1 Å². The van der Waals surface area contributed by atoms with Crippen LogP contribution in [0.15, 0.2) is 53.7 Å². The minimum absolute atomic E-state index is 0.291. The number of alkyl halides is 3. The van der Waals surface area contributed by atoms with Crippen molar-refractivity contribution in [3.05, 3.63) is 65.5 Å². The normalized spacial score (nSPS) is 17.9. The van der Waals surface area contributed by atoms with Gasteiger partial charge < -0.3 is 15.5 Å². The molecular weight excluding hydrogens is 443 g/mol. The zero-order chi connectivity index (χ0) is 22.9. The van der Waals surface area contributed by atoms with Gasteiger partial charge in [0.25, 0.3) is 0 Å². The predicted octanol–water partition coefficient (Wildman–Crippen LogP) is 4.27. The Morgan fingerprint density at radius 1 is 1.19 bits per heavy atom. The summed E-state index contributed by atoms with van der Waals surface area (Å²) in [6.45, 7) is 1.93. The molecule has 1 aliphatic heterocycles. The van der Waals surface area contributed by atoms with Crippen LogP contribution in [0.5, 0.6) is 5.75 Å². The van der Waals surface area contributed by atoms with Gasteiger partial charge in [0.05, 0.1) is 24.4 Å². The van der Waals surface area contributed by atoms with Gasteiger partial charge in [0, 0.05) is 6.42 Å². The van der Waals surface area contributed by atoms with Crippen LogP contribution in [0.4, 0.5) is 18.9 Å². The molecule has 4 rings (SSSR count). The van der Waals surface area contributed by atoms with Gasteiger partial charge in [-0.15, -0.1) is 10.2 Å².